The molecule has 0 aliphatic rings. The van der Waals surface area contributed by atoms with Gasteiger partial charge in [0.2, 0.25) is 0 Å². The average molecular weight is 379 g/mol. The van der Waals surface area contributed by atoms with E-state index in [9.17, 15) is 4.39 Å². The summed E-state index contributed by atoms with van der Waals surface area (Å²) in [6, 6.07) is 4.48. The summed E-state index contributed by atoms with van der Waals surface area (Å²) in [6.45, 7) is 3.58. The lowest BCUT2D eigenvalue weighted by atomic mass is 10.1. The molecule has 2 nitrogen and oxygen atoms in total. The van der Waals surface area contributed by atoms with Crippen molar-refractivity contribution in [3.8, 4) is 5.75 Å². The molecule has 0 fully saturated rings. The summed E-state index contributed by atoms with van der Waals surface area (Å²) in [6.07, 6.45) is 1.18. The first kappa shape index (κ1) is 15.5. The lowest BCUT2D eigenvalue weighted by Crippen LogP contribution is -2.07. The van der Waals surface area contributed by atoms with Gasteiger partial charge in [-0.25, -0.2) is 4.39 Å². The molecule has 0 aliphatic carbocycles. The van der Waals surface area contributed by atoms with E-state index >= 15 is 0 Å². The van der Waals surface area contributed by atoms with E-state index in [-0.39, 0.29) is 5.02 Å². The van der Waals surface area contributed by atoms with E-state index in [4.69, 9.17) is 27.9 Å². The van der Waals surface area contributed by atoms with Gasteiger partial charge in [-0.3, -0.25) is 4.98 Å². The maximum Gasteiger partial charge on any atom is 0.142 e. The van der Waals surface area contributed by atoms with Crippen LogP contribution in [0.25, 0.3) is 0 Å². The van der Waals surface area contributed by atoms with Gasteiger partial charge in [0.25, 0.3) is 0 Å². The molecule has 106 valence electrons. The molecule has 0 N–H and O–H groups in total. The van der Waals surface area contributed by atoms with E-state index in [1.54, 1.807) is 19.2 Å². The molecule has 1 atom stereocenters. The number of hydrogen-bond donors (Lipinski definition) is 0. The second kappa shape index (κ2) is 6.29. The van der Waals surface area contributed by atoms with Gasteiger partial charge in [-0.15, -0.1) is 0 Å². The number of aromatic nitrogens is 1. The molecule has 6 heteroatoms. The minimum atomic E-state index is -0.523. The largest absolute Gasteiger partial charge is 0.484 e. The van der Waals surface area contributed by atoms with E-state index in [1.165, 1.54) is 12.1 Å². The normalized spacial score (nSPS) is 12.3. The Morgan fingerprint density at radius 1 is 1.35 bits per heavy atom. The Kier molecular flexibility index (Phi) is 4.89. The van der Waals surface area contributed by atoms with Crippen LogP contribution in [-0.4, -0.2) is 4.98 Å². The van der Waals surface area contributed by atoms with E-state index in [1.807, 2.05) is 6.92 Å². The van der Waals surface area contributed by atoms with Crippen molar-refractivity contribution in [3.05, 3.63) is 56.0 Å². The van der Waals surface area contributed by atoms with E-state index in [2.05, 4.69) is 20.9 Å². The van der Waals surface area contributed by atoms with Crippen molar-refractivity contribution < 1.29 is 9.13 Å². The standard InChI is InChI=1S/C14H11BrCl2FNO/c1-7-12(5-9(15)6-19-7)20-8(2)13-10(16)3-4-11(18)14(13)17/h3-6,8H,1-2H3. The van der Waals surface area contributed by atoms with Crippen LogP contribution < -0.4 is 4.74 Å². The van der Waals surface area contributed by atoms with Gasteiger partial charge in [-0.1, -0.05) is 23.2 Å². The summed E-state index contributed by atoms with van der Waals surface area (Å²) in [5.74, 6) is 0.0638. The third-order valence-electron chi connectivity index (χ3n) is 2.80. The summed E-state index contributed by atoms with van der Waals surface area (Å²) < 4.78 is 20.1. The number of pyridine rings is 1. The zero-order valence-electron chi connectivity index (χ0n) is 10.8. The highest BCUT2D eigenvalue weighted by atomic mass is 79.9. The quantitative estimate of drug-likeness (QED) is 0.635. The van der Waals surface area contributed by atoms with Crippen LogP contribution in [0.2, 0.25) is 10.0 Å². The van der Waals surface area contributed by atoms with E-state index in [0.29, 0.717) is 16.3 Å². The zero-order valence-corrected chi connectivity index (χ0v) is 13.9. The van der Waals surface area contributed by atoms with Crippen molar-refractivity contribution in [2.45, 2.75) is 20.0 Å². The van der Waals surface area contributed by atoms with Gasteiger partial charge >= 0.3 is 0 Å². The Balaban J connectivity index is 2.35. The van der Waals surface area contributed by atoms with Gasteiger partial charge in [0.15, 0.2) is 0 Å². The number of benzene rings is 1. The minimum Gasteiger partial charge on any atom is -0.484 e. The highest BCUT2D eigenvalue weighted by molar-refractivity contribution is 9.10. The Labute approximate surface area is 135 Å². The summed E-state index contributed by atoms with van der Waals surface area (Å²) in [5.41, 5.74) is 1.15. The second-order valence-corrected chi connectivity index (χ2v) is 5.95. The molecular formula is C14H11BrCl2FNO. The monoisotopic (exact) mass is 377 g/mol. The van der Waals surface area contributed by atoms with Crippen molar-refractivity contribution in [1.29, 1.82) is 0 Å². The molecule has 2 aromatic rings. The average Bonchev–Trinajstić information content (AvgIpc) is 2.39. The van der Waals surface area contributed by atoms with Crippen LogP contribution in [0.1, 0.15) is 24.3 Å². The van der Waals surface area contributed by atoms with Crippen molar-refractivity contribution >= 4 is 39.1 Å². The van der Waals surface area contributed by atoms with Gasteiger partial charge < -0.3 is 4.74 Å². The molecule has 1 aromatic heterocycles. The molecule has 0 bridgehead atoms. The van der Waals surface area contributed by atoms with E-state index < -0.39 is 11.9 Å². The summed E-state index contributed by atoms with van der Waals surface area (Å²) in [4.78, 5) is 4.18. The van der Waals surface area contributed by atoms with Gasteiger partial charge in [0, 0.05) is 21.3 Å². The Morgan fingerprint density at radius 2 is 2.05 bits per heavy atom. The predicted octanol–water partition coefficient (Wildman–Crippen LogP) is 5.74. The van der Waals surface area contributed by atoms with Crippen molar-refractivity contribution in [3.63, 3.8) is 0 Å². The number of aryl methyl sites for hydroxylation is 1. The first-order valence-electron chi connectivity index (χ1n) is 5.82. The first-order valence-corrected chi connectivity index (χ1v) is 7.37. The van der Waals surface area contributed by atoms with Crippen LogP contribution in [0, 0.1) is 12.7 Å². The molecule has 0 aliphatic heterocycles. The van der Waals surface area contributed by atoms with Crippen molar-refractivity contribution in [2.24, 2.45) is 0 Å². The molecule has 0 amide bonds. The maximum atomic E-state index is 13.5. The van der Waals surface area contributed by atoms with Gasteiger partial charge in [-0.05, 0) is 48.0 Å². The van der Waals surface area contributed by atoms with Gasteiger partial charge in [0.1, 0.15) is 17.7 Å². The van der Waals surface area contributed by atoms with Crippen LogP contribution in [0.15, 0.2) is 28.9 Å². The third-order valence-corrected chi connectivity index (χ3v) is 3.94. The molecule has 1 unspecified atom stereocenters. The van der Waals surface area contributed by atoms with Crippen LogP contribution in [0.3, 0.4) is 0 Å². The molecule has 2 rings (SSSR count). The molecular weight excluding hydrogens is 368 g/mol. The number of ether oxygens (including phenoxy) is 1. The first-order chi connectivity index (χ1) is 9.40. The lowest BCUT2D eigenvalue weighted by molar-refractivity contribution is 0.224. The lowest BCUT2D eigenvalue weighted by Gasteiger charge is -2.19. The molecule has 1 heterocycles. The topological polar surface area (TPSA) is 22.1 Å². The summed E-state index contributed by atoms with van der Waals surface area (Å²) in [5, 5.41) is 0.343. The summed E-state index contributed by atoms with van der Waals surface area (Å²) >= 11 is 15.4. The Bertz CT molecular complexity index is 651. The Morgan fingerprint density at radius 3 is 2.75 bits per heavy atom. The number of rotatable bonds is 3. The number of hydrogen-bond acceptors (Lipinski definition) is 2. The highest BCUT2D eigenvalue weighted by Crippen LogP contribution is 2.35. The number of nitrogens with zero attached hydrogens (tertiary/aromatic N) is 1. The molecule has 1 aromatic carbocycles. The molecule has 0 spiro atoms. The smallest absolute Gasteiger partial charge is 0.142 e. The van der Waals surface area contributed by atoms with Crippen molar-refractivity contribution in [2.75, 3.05) is 0 Å². The second-order valence-electron chi connectivity index (χ2n) is 4.25. The molecule has 0 saturated heterocycles. The SMILES string of the molecule is Cc1ncc(Br)cc1OC(C)c1c(Cl)ccc(F)c1Cl. The minimum absolute atomic E-state index is 0.0226. The van der Waals surface area contributed by atoms with Crippen molar-refractivity contribution in [1.82, 2.24) is 4.98 Å². The zero-order chi connectivity index (χ0) is 14.9. The van der Waals surface area contributed by atoms with Gasteiger partial charge in [0.05, 0.1) is 10.7 Å². The van der Waals surface area contributed by atoms with E-state index in [0.717, 1.165) is 10.2 Å². The van der Waals surface area contributed by atoms with Crippen LogP contribution >= 0.6 is 39.1 Å². The fourth-order valence-corrected chi connectivity index (χ4v) is 2.76. The highest BCUT2D eigenvalue weighted by Gasteiger charge is 2.19. The van der Waals surface area contributed by atoms with Gasteiger partial charge in [-0.2, -0.15) is 0 Å². The predicted molar refractivity (Wildman–Crippen MR) is 82.1 cm³/mol. The number of halogens is 4. The fourth-order valence-electron chi connectivity index (χ4n) is 1.77. The Hall–Kier alpha value is -0.840. The molecule has 0 radical (unpaired) electrons. The van der Waals surface area contributed by atoms with Crippen LogP contribution in [0.5, 0.6) is 5.75 Å². The van der Waals surface area contributed by atoms with Crippen LogP contribution in [-0.2, 0) is 0 Å². The molecule has 0 saturated carbocycles. The molecule has 20 heavy (non-hydrogen) atoms. The fraction of sp³-hybridized carbons (Fsp3) is 0.214. The van der Waals surface area contributed by atoms with Crippen LogP contribution in [0.4, 0.5) is 4.39 Å². The maximum absolute atomic E-state index is 13.5. The third kappa shape index (κ3) is 3.25. The summed E-state index contributed by atoms with van der Waals surface area (Å²) in [7, 11) is 0.